The second-order valence-electron chi connectivity index (χ2n) is 8.28. The van der Waals surface area contributed by atoms with Crippen molar-refractivity contribution in [3.63, 3.8) is 0 Å². The van der Waals surface area contributed by atoms with Gasteiger partial charge >= 0.3 is 24.2 Å². The van der Waals surface area contributed by atoms with E-state index in [0.29, 0.717) is 0 Å². The Labute approximate surface area is 231 Å². The minimum atomic E-state index is -6.70. The fourth-order valence-electron chi connectivity index (χ4n) is 3.79. The van der Waals surface area contributed by atoms with Crippen molar-refractivity contribution in [3.05, 3.63) is 87.1 Å². The molecule has 0 fully saturated rings. The molecule has 3 aromatic carbocycles. The molecule has 0 aliphatic heterocycles. The first-order valence-electron chi connectivity index (χ1n) is 10.9. The molecular formula is C25H14BrF11N2O2. The van der Waals surface area contributed by atoms with Crippen LogP contribution in [0, 0.1) is 5.82 Å². The van der Waals surface area contributed by atoms with Crippen molar-refractivity contribution >= 4 is 33.4 Å². The summed E-state index contributed by atoms with van der Waals surface area (Å²) in [5.41, 5.74) is -13.7. The molecule has 2 N–H and O–H groups in total. The number of hydrogen-bond donors (Lipinski definition) is 2. The molecule has 0 aliphatic carbocycles. The molecule has 220 valence electrons. The molecule has 0 saturated carbocycles. The lowest BCUT2D eigenvalue weighted by molar-refractivity contribution is -0.348. The highest BCUT2D eigenvalue weighted by Gasteiger charge is 2.73. The maximum atomic E-state index is 15.1. The monoisotopic (exact) mass is 662 g/mol. The number of amides is 2. The molecule has 0 heterocycles. The molecule has 4 nitrogen and oxygen atoms in total. The fraction of sp³-hybridized carbons (Fsp3) is 0.200. The van der Waals surface area contributed by atoms with Gasteiger partial charge in [-0.3, -0.25) is 9.59 Å². The molecule has 0 atom stereocenters. The van der Waals surface area contributed by atoms with E-state index in [4.69, 9.17) is 0 Å². The van der Waals surface area contributed by atoms with Gasteiger partial charge < -0.3 is 10.6 Å². The highest BCUT2D eigenvalue weighted by Crippen LogP contribution is 2.55. The Morgan fingerprint density at radius 3 is 1.80 bits per heavy atom. The number of carbonyl (C=O) groups is 2. The van der Waals surface area contributed by atoms with Crippen LogP contribution in [0.1, 0.15) is 31.8 Å². The molecule has 16 heteroatoms. The third-order valence-electron chi connectivity index (χ3n) is 5.75. The summed E-state index contributed by atoms with van der Waals surface area (Å²) in [6, 6.07) is 7.37. The van der Waals surface area contributed by atoms with E-state index in [2.05, 4.69) is 21.2 Å². The van der Waals surface area contributed by atoms with Crippen LogP contribution in [0.15, 0.2) is 59.1 Å². The van der Waals surface area contributed by atoms with Crippen LogP contribution in [-0.4, -0.2) is 31.2 Å². The van der Waals surface area contributed by atoms with Gasteiger partial charge in [0.05, 0.1) is 16.8 Å². The molecule has 41 heavy (non-hydrogen) atoms. The minimum Gasteiger partial charge on any atom is -0.355 e. The molecule has 0 aromatic heterocycles. The zero-order chi connectivity index (χ0) is 31.1. The first kappa shape index (κ1) is 31.8. The van der Waals surface area contributed by atoms with Gasteiger partial charge in [0.1, 0.15) is 5.82 Å². The topological polar surface area (TPSA) is 58.2 Å². The number of rotatable bonds is 5. The Bertz CT molecular complexity index is 1480. The van der Waals surface area contributed by atoms with E-state index < -0.39 is 80.3 Å². The molecular weight excluding hydrogens is 649 g/mol. The van der Waals surface area contributed by atoms with E-state index in [1.807, 2.05) is 0 Å². The van der Waals surface area contributed by atoms with Gasteiger partial charge in [-0.2, -0.15) is 39.5 Å². The second-order valence-corrected chi connectivity index (χ2v) is 9.13. The number of benzene rings is 3. The predicted octanol–water partition coefficient (Wildman–Crippen LogP) is 8.18. The van der Waals surface area contributed by atoms with Crippen molar-refractivity contribution < 1.29 is 57.9 Å². The maximum Gasteiger partial charge on any atom is 0.435 e. The summed E-state index contributed by atoms with van der Waals surface area (Å²) in [5, 5.41) is 3.94. The Hall–Kier alpha value is -3.69. The molecule has 3 aromatic rings. The summed E-state index contributed by atoms with van der Waals surface area (Å²) >= 11 is 2.41. The van der Waals surface area contributed by atoms with Crippen molar-refractivity contribution in [2.75, 3.05) is 12.4 Å². The zero-order valence-corrected chi connectivity index (χ0v) is 21.6. The zero-order valence-electron chi connectivity index (χ0n) is 20.0. The van der Waals surface area contributed by atoms with Crippen molar-refractivity contribution in [2.24, 2.45) is 0 Å². The van der Waals surface area contributed by atoms with Crippen molar-refractivity contribution in [1.82, 2.24) is 5.32 Å². The molecule has 0 unspecified atom stereocenters. The summed E-state index contributed by atoms with van der Waals surface area (Å²) in [4.78, 5) is 25.1. The Morgan fingerprint density at radius 1 is 0.732 bits per heavy atom. The summed E-state index contributed by atoms with van der Waals surface area (Å²) in [6.07, 6.45) is -19.1. The van der Waals surface area contributed by atoms with E-state index in [1.165, 1.54) is 31.3 Å². The third-order valence-corrected chi connectivity index (χ3v) is 6.37. The smallest absolute Gasteiger partial charge is 0.355 e. The largest absolute Gasteiger partial charge is 0.435 e. The van der Waals surface area contributed by atoms with Gasteiger partial charge in [-0.1, -0.05) is 30.3 Å². The summed E-state index contributed by atoms with van der Waals surface area (Å²) in [7, 11) is 1.22. The first-order valence-corrected chi connectivity index (χ1v) is 11.7. The summed E-state index contributed by atoms with van der Waals surface area (Å²) < 4.78 is 149. The van der Waals surface area contributed by atoms with Crippen LogP contribution in [0.3, 0.4) is 0 Å². The van der Waals surface area contributed by atoms with E-state index in [1.54, 1.807) is 5.32 Å². The van der Waals surface area contributed by atoms with Gasteiger partial charge in [0.2, 0.25) is 0 Å². The highest BCUT2D eigenvalue weighted by atomic mass is 79.9. The van der Waals surface area contributed by atoms with Crippen LogP contribution >= 0.6 is 15.9 Å². The second kappa shape index (κ2) is 10.9. The summed E-state index contributed by atoms with van der Waals surface area (Å²) in [5.74, 6) is -3.35. The summed E-state index contributed by atoms with van der Waals surface area (Å²) in [6.45, 7) is 0. The highest BCUT2D eigenvalue weighted by molar-refractivity contribution is 9.10. The molecule has 0 bridgehead atoms. The van der Waals surface area contributed by atoms with Gasteiger partial charge in [0.25, 0.3) is 11.8 Å². The lowest BCUT2D eigenvalue weighted by atomic mass is 9.91. The Morgan fingerprint density at radius 2 is 1.27 bits per heavy atom. The van der Waals surface area contributed by atoms with Gasteiger partial charge in [0, 0.05) is 28.2 Å². The number of alkyl halides is 10. The Balaban J connectivity index is 2.18. The number of nitrogens with one attached hydrogen (secondary N) is 2. The minimum absolute atomic E-state index is 0.190. The first-order chi connectivity index (χ1) is 18.8. The van der Waals surface area contributed by atoms with Crippen molar-refractivity contribution in [2.45, 2.75) is 24.2 Å². The van der Waals surface area contributed by atoms with E-state index in [9.17, 15) is 53.5 Å². The van der Waals surface area contributed by atoms with Crippen LogP contribution in [0.4, 0.5) is 54.0 Å². The molecule has 2 amide bonds. The van der Waals surface area contributed by atoms with Gasteiger partial charge in [-0.15, -0.1) is 0 Å². The SMILES string of the molecule is CNC(=O)c1cccc(-c2ccccc2C(=O)Nc2c(Br)cc(C(F)(C(F)(F)F)C(F)(F)F)cc2C(F)(F)F)c1F. The maximum absolute atomic E-state index is 15.1. The average Bonchev–Trinajstić information content (AvgIpc) is 2.86. The number of anilines is 1. The van der Waals surface area contributed by atoms with E-state index in [-0.39, 0.29) is 17.2 Å². The van der Waals surface area contributed by atoms with Crippen molar-refractivity contribution in [1.29, 1.82) is 0 Å². The van der Waals surface area contributed by atoms with Crippen LogP contribution in [0.2, 0.25) is 0 Å². The number of halogens is 12. The molecule has 0 spiro atoms. The van der Waals surface area contributed by atoms with Gasteiger partial charge in [-0.25, -0.2) is 8.78 Å². The molecule has 0 radical (unpaired) electrons. The van der Waals surface area contributed by atoms with Crippen LogP contribution in [-0.2, 0) is 11.8 Å². The molecule has 3 rings (SSSR count). The third kappa shape index (κ3) is 5.87. The quantitative estimate of drug-likeness (QED) is 0.271. The number of hydrogen-bond acceptors (Lipinski definition) is 2. The fourth-order valence-corrected chi connectivity index (χ4v) is 4.35. The van der Waals surface area contributed by atoms with E-state index in [0.717, 1.165) is 18.2 Å². The van der Waals surface area contributed by atoms with Crippen LogP contribution < -0.4 is 10.6 Å². The van der Waals surface area contributed by atoms with E-state index >= 15 is 4.39 Å². The van der Waals surface area contributed by atoms with Crippen molar-refractivity contribution in [3.8, 4) is 11.1 Å². The molecule has 0 saturated heterocycles. The van der Waals surface area contributed by atoms with Crippen LogP contribution in [0.25, 0.3) is 11.1 Å². The predicted molar refractivity (Wildman–Crippen MR) is 127 cm³/mol. The lowest BCUT2D eigenvalue weighted by Crippen LogP contribution is -2.50. The Kier molecular flexibility index (Phi) is 8.50. The number of carbonyl (C=O) groups excluding carboxylic acids is 2. The lowest BCUT2D eigenvalue weighted by Gasteiger charge is -2.31. The van der Waals surface area contributed by atoms with Gasteiger partial charge in [-0.05, 0) is 45.8 Å². The van der Waals surface area contributed by atoms with Crippen LogP contribution in [0.5, 0.6) is 0 Å². The normalized spacial score (nSPS) is 12.7. The standard InChI is InChI=1S/C25H14BrF11N2O2/c1-38-20(40)15-8-4-7-13(18(15)27)12-5-2-3-6-14(12)21(41)39-19-16(23(29,30)31)9-11(10-17(19)26)22(28,24(32,33)34)25(35,36)37/h2-10H,1H3,(H,38,40)(H,39,41). The molecule has 0 aliphatic rings. The average molecular weight is 663 g/mol. The van der Waals surface area contributed by atoms with Gasteiger partial charge in [0.15, 0.2) is 0 Å².